The molecule has 0 aliphatic carbocycles. The molecule has 1 aliphatic rings. The lowest BCUT2D eigenvalue weighted by Crippen LogP contribution is -2.52. The lowest BCUT2D eigenvalue weighted by Gasteiger charge is -2.42. The highest BCUT2D eigenvalue weighted by atomic mass is 16.5. The number of ether oxygens (including phenoxy) is 1. The minimum absolute atomic E-state index is 0.0194. The van der Waals surface area contributed by atoms with Gasteiger partial charge in [0.25, 0.3) is 5.91 Å². The van der Waals surface area contributed by atoms with E-state index in [0.29, 0.717) is 18.7 Å². The van der Waals surface area contributed by atoms with Gasteiger partial charge in [0.05, 0.1) is 7.11 Å². The second kappa shape index (κ2) is 6.56. The van der Waals surface area contributed by atoms with Crippen LogP contribution in [0.1, 0.15) is 44.1 Å². The van der Waals surface area contributed by atoms with Crippen molar-refractivity contribution in [2.24, 2.45) is 11.3 Å². The number of aromatic nitrogens is 1. The Morgan fingerprint density at radius 2 is 2.09 bits per heavy atom. The molecule has 0 radical (unpaired) electrons. The summed E-state index contributed by atoms with van der Waals surface area (Å²) in [5.41, 5.74) is 0.182. The molecule has 6 nitrogen and oxygen atoms in total. The van der Waals surface area contributed by atoms with Gasteiger partial charge in [0, 0.05) is 12.7 Å². The first-order chi connectivity index (χ1) is 10.8. The topological polar surface area (TPSA) is 79.7 Å². The standard InChI is InChI=1S/C17H24N2O4/c1-17(2,3)11-7-9-19(12(10-11)16(21)22)15(20)14-13(23-4)6-5-8-18-14/h5-6,8,11-12H,7,9-10H2,1-4H3,(H,21,22)/t11-,12+/m0/s1. The molecule has 1 N–H and O–H groups in total. The molecule has 6 heteroatoms. The molecule has 1 aliphatic heterocycles. The zero-order valence-electron chi connectivity index (χ0n) is 14.1. The number of carboxylic acids is 1. The van der Waals surface area contributed by atoms with Crippen molar-refractivity contribution in [3.05, 3.63) is 24.0 Å². The van der Waals surface area contributed by atoms with Crippen LogP contribution in [-0.2, 0) is 4.79 Å². The van der Waals surface area contributed by atoms with Gasteiger partial charge in [0.1, 0.15) is 11.8 Å². The van der Waals surface area contributed by atoms with Crippen molar-refractivity contribution < 1.29 is 19.4 Å². The molecule has 1 amide bonds. The molecule has 0 aromatic carbocycles. The third kappa shape index (κ3) is 3.63. The number of methoxy groups -OCH3 is 1. The van der Waals surface area contributed by atoms with Crippen LogP contribution < -0.4 is 4.74 Å². The Morgan fingerprint density at radius 1 is 1.39 bits per heavy atom. The normalized spacial score (nSPS) is 21.8. The molecule has 2 heterocycles. The van der Waals surface area contributed by atoms with Gasteiger partial charge in [-0.25, -0.2) is 9.78 Å². The number of carbonyl (C=O) groups is 2. The minimum atomic E-state index is -0.970. The Kier molecular flexibility index (Phi) is 4.92. The number of pyridine rings is 1. The van der Waals surface area contributed by atoms with E-state index in [1.54, 1.807) is 12.1 Å². The number of aliphatic carboxylic acids is 1. The van der Waals surface area contributed by atoms with Gasteiger partial charge in [0.2, 0.25) is 0 Å². The molecule has 1 saturated heterocycles. The Morgan fingerprint density at radius 3 is 2.65 bits per heavy atom. The lowest BCUT2D eigenvalue weighted by molar-refractivity contribution is -0.144. The summed E-state index contributed by atoms with van der Waals surface area (Å²) < 4.78 is 5.17. The van der Waals surface area contributed by atoms with Gasteiger partial charge >= 0.3 is 5.97 Å². The molecule has 2 rings (SSSR count). The van der Waals surface area contributed by atoms with Crippen molar-refractivity contribution in [1.29, 1.82) is 0 Å². The summed E-state index contributed by atoms with van der Waals surface area (Å²) in [5.74, 6) is -0.734. The van der Waals surface area contributed by atoms with Gasteiger partial charge in [-0.3, -0.25) is 4.79 Å². The summed E-state index contributed by atoms with van der Waals surface area (Å²) in [5, 5.41) is 9.57. The van der Waals surface area contributed by atoms with Crippen molar-refractivity contribution in [3.8, 4) is 5.75 Å². The average Bonchev–Trinajstić information content (AvgIpc) is 2.52. The van der Waals surface area contributed by atoms with Gasteiger partial charge in [-0.05, 0) is 36.3 Å². The van der Waals surface area contributed by atoms with Crippen molar-refractivity contribution in [1.82, 2.24) is 9.88 Å². The average molecular weight is 320 g/mol. The van der Waals surface area contributed by atoms with E-state index in [2.05, 4.69) is 25.8 Å². The fourth-order valence-electron chi connectivity index (χ4n) is 3.08. The Hall–Kier alpha value is -2.11. The maximum Gasteiger partial charge on any atom is 0.326 e. The maximum absolute atomic E-state index is 12.8. The van der Waals surface area contributed by atoms with E-state index in [1.165, 1.54) is 18.2 Å². The number of amides is 1. The number of carbonyl (C=O) groups excluding carboxylic acids is 1. The van der Waals surface area contributed by atoms with Crippen molar-refractivity contribution in [3.63, 3.8) is 0 Å². The molecular formula is C17H24N2O4. The summed E-state index contributed by atoms with van der Waals surface area (Å²) >= 11 is 0. The zero-order valence-corrected chi connectivity index (χ0v) is 14.1. The van der Waals surface area contributed by atoms with E-state index in [0.717, 1.165) is 6.42 Å². The van der Waals surface area contributed by atoms with E-state index in [1.807, 2.05) is 0 Å². The first kappa shape index (κ1) is 17.2. The number of hydrogen-bond acceptors (Lipinski definition) is 4. The van der Waals surface area contributed by atoms with Gasteiger partial charge < -0.3 is 14.7 Å². The van der Waals surface area contributed by atoms with Crippen LogP contribution in [-0.4, -0.2) is 46.6 Å². The predicted octanol–water partition coefficient (Wildman–Crippen LogP) is 2.44. The molecule has 1 fully saturated rings. The first-order valence-electron chi connectivity index (χ1n) is 7.78. The van der Waals surface area contributed by atoms with E-state index in [4.69, 9.17) is 4.74 Å². The molecular weight excluding hydrogens is 296 g/mol. The molecule has 0 unspecified atom stereocenters. The summed E-state index contributed by atoms with van der Waals surface area (Å²) in [6, 6.07) is 2.50. The highest BCUT2D eigenvalue weighted by Crippen LogP contribution is 2.37. The molecule has 0 saturated carbocycles. The second-order valence-electron chi connectivity index (χ2n) is 6.99. The first-order valence-corrected chi connectivity index (χ1v) is 7.78. The van der Waals surface area contributed by atoms with Crippen LogP contribution in [0.25, 0.3) is 0 Å². The molecule has 0 spiro atoms. The third-order valence-electron chi connectivity index (χ3n) is 4.57. The Labute approximate surface area is 136 Å². The molecule has 2 atom stereocenters. The smallest absolute Gasteiger partial charge is 0.326 e. The summed E-state index contributed by atoms with van der Waals surface area (Å²) in [6.45, 7) is 6.74. The number of nitrogens with zero attached hydrogens (tertiary/aromatic N) is 2. The fourth-order valence-corrected chi connectivity index (χ4v) is 3.08. The van der Waals surface area contributed by atoms with Crippen LogP contribution in [0.2, 0.25) is 0 Å². The van der Waals surface area contributed by atoms with E-state index >= 15 is 0 Å². The number of likely N-dealkylation sites (tertiary alicyclic amines) is 1. The van der Waals surface area contributed by atoms with Gasteiger partial charge in [0.15, 0.2) is 5.69 Å². The zero-order chi connectivity index (χ0) is 17.2. The van der Waals surface area contributed by atoms with Gasteiger partial charge in [-0.2, -0.15) is 0 Å². The number of carboxylic acid groups (broad SMARTS) is 1. The van der Waals surface area contributed by atoms with Crippen LogP contribution >= 0.6 is 0 Å². The molecule has 1 aromatic heterocycles. The summed E-state index contributed by atoms with van der Waals surface area (Å²) in [6.07, 6.45) is 2.75. The molecule has 23 heavy (non-hydrogen) atoms. The highest BCUT2D eigenvalue weighted by Gasteiger charge is 2.41. The van der Waals surface area contributed by atoms with Crippen molar-refractivity contribution >= 4 is 11.9 Å². The van der Waals surface area contributed by atoms with E-state index < -0.39 is 12.0 Å². The predicted molar refractivity (Wildman–Crippen MR) is 85.4 cm³/mol. The summed E-state index contributed by atoms with van der Waals surface area (Å²) in [4.78, 5) is 29.9. The maximum atomic E-state index is 12.8. The Balaban J connectivity index is 2.27. The van der Waals surface area contributed by atoms with Crippen molar-refractivity contribution in [2.75, 3.05) is 13.7 Å². The Bertz CT molecular complexity index is 595. The largest absolute Gasteiger partial charge is 0.494 e. The minimum Gasteiger partial charge on any atom is -0.494 e. The molecule has 126 valence electrons. The van der Waals surface area contributed by atoms with Crippen LogP contribution in [0, 0.1) is 11.3 Å². The van der Waals surface area contributed by atoms with E-state index in [9.17, 15) is 14.7 Å². The van der Waals surface area contributed by atoms with Gasteiger partial charge in [-0.15, -0.1) is 0 Å². The highest BCUT2D eigenvalue weighted by molar-refractivity contribution is 5.97. The quantitative estimate of drug-likeness (QED) is 0.925. The fraction of sp³-hybridized carbons (Fsp3) is 0.588. The number of rotatable bonds is 3. The SMILES string of the molecule is COc1cccnc1C(=O)N1CC[C@H](C(C)(C)C)C[C@@H]1C(=O)O. The molecule has 0 bridgehead atoms. The second-order valence-corrected chi connectivity index (χ2v) is 6.99. The number of piperidine rings is 1. The number of hydrogen-bond donors (Lipinski definition) is 1. The van der Waals surface area contributed by atoms with E-state index in [-0.39, 0.29) is 22.9 Å². The monoisotopic (exact) mass is 320 g/mol. The van der Waals surface area contributed by atoms with Crippen LogP contribution in [0.4, 0.5) is 0 Å². The lowest BCUT2D eigenvalue weighted by atomic mass is 9.73. The molecule has 1 aromatic rings. The van der Waals surface area contributed by atoms with Crippen LogP contribution in [0.3, 0.4) is 0 Å². The van der Waals surface area contributed by atoms with Crippen LogP contribution in [0.5, 0.6) is 5.75 Å². The van der Waals surface area contributed by atoms with Crippen molar-refractivity contribution in [2.45, 2.75) is 39.7 Å². The van der Waals surface area contributed by atoms with Gasteiger partial charge in [-0.1, -0.05) is 20.8 Å². The van der Waals surface area contributed by atoms with Crippen LogP contribution in [0.15, 0.2) is 18.3 Å². The summed E-state index contributed by atoms with van der Waals surface area (Å²) in [7, 11) is 1.47. The third-order valence-corrected chi connectivity index (χ3v) is 4.57.